The first-order valence-electron chi connectivity index (χ1n) is 6.53. The van der Waals surface area contributed by atoms with Crippen molar-refractivity contribution in [2.75, 3.05) is 6.54 Å². The molecule has 4 nitrogen and oxygen atoms in total. The lowest BCUT2D eigenvalue weighted by Gasteiger charge is -2.35. The zero-order valence-corrected chi connectivity index (χ0v) is 10.8. The van der Waals surface area contributed by atoms with Gasteiger partial charge in [0.25, 0.3) is 0 Å². The van der Waals surface area contributed by atoms with Gasteiger partial charge in [-0.3, -0.25) is 0 Å². The molecule has 0 aromatic carbocycles. The van der Waals surface area contributed by atoms with E-state index in [1.54, 1.807) is 12.1 Å². The standard InChI is InChI=1S/C14H20N2O2/c1-11-3-2-6-14(17,7-11)10-16-9-13-5-4-12(8-15)18-13/h4-5,11,16-17H,2-3,6-7,9-10H2,1H3. The number of rotatable bonds is 4. The van der Waals surface area contributed by atoms with Gasteiger partial charge in [-0.25, -0.2) is 0 Å². The van der Waals surface area contributed by atoms with Crippen molar-refractivity contribution < 1.29 is 9.52 Å². The van der Waals surface area contributed by atoms with Crippen LogP contribution in [-0.4, -0.2) is 17.3 Å². The SMILES string of the molecule is CC1CCCC(O)(CNCc2ccc(C#N)o2)C1. The summed E-state index contributed by atoms with van der Waals surface area (Å²) in [5, 5.41) is 22.3. The van der Waals surface area contributed by atoms with Gasteiger partial charge in [0.05, 0.1) is 12.1 Å². The summed E-state index contributed by atoms with van der Waals surface area (Å²) in [6.45, 7) is 3.33. The normalized spacial score (nSPS) is 27.9. The van der Waals surface area contributed by atoms with Gasteiger partial charge < -0.3 is 14.8 Å². The molecule has 1 aromatic heterocycles. The third-order valence-corrected chi connectivity index (χ3v) is 3.59. The first-order valence-corrected chi connectivity index (χ1v) is 6.53. The Labute approximate surface area is 108 Å². The second kappa shape index (κ2) is 5.55. The van der Waals surface area contributed by atoms with Gasteiger partial charge in [0, 0.05) is 6.54 Å². The molecule has 1 fully saturated rings. The molecule has 4 heteroatoms. The van der Waals surface area contributed by atoms with Gasteiger partial charge in [0.15, 0.2) is 0 Å². The molecule has 0 aliphatic heterocycles. The third-order valence-electron chi connectivity index (χ3n) is 3.59. The molecule has 0 radical (unpaired) electrons. The Bertz CT molecular complexity index is 435. The average Bonchev–Trinajstić information content (AvgIpc) is 2.76. The lowest BCUT2D eigenvalue weighted by atomic mass is 9.79. The van der Waals surface area contributed by atoms with E-state index in [2.05, 4.69) is 12.2 Å². The zero-order chi connectivity index (χ0) is 13.0. The fraction of sp³-hybridized carbons (Fsp3) is 0.643. The smallest absolute Gasteiger partial charge is 0.203 e. The number of nitriles is 1. The number of nitrogens with zero attached hydrogens (tertiary/aromatic N) is 1. The van der Waals surface area contributed by atoms with E-state index in [0.717, 1.165) is 25.0 Å². The maximum absolute atomic E-state index is 10.4. The van der Waals surface area contributed by atoms with E-state index in [9.17, 15) is 5.11 Å². The molecule has 0 amide bonds. The minimum Gasteiger partial charge on any atom is -0.449 e. The summed E-state index contributed by atoms with van der Waals surface area (Å²) >= 11 is 0. The number of hydrogen-bond acceptors (Lipinski definition) is 4. The van der Waals surface area contributed by atoms with Crippen molar-refractivity contribution in [3.05, 3.63) is 23.7 Å². The number of furan rings is 1. The Balaban J connectivity index is 1.79. The van der Waals surface area contributed by atoms with Gasteiger partial charge in [-0.1, -0.05) is 19.8 Å². The highest BCUT2D eigenvalue weighted by Crippen LogP contribution is 2.31. The second-order valence-electron chi connectivity index (χ2n) is 5.41. The highest BCUT2D eigenvalue weighted by Gasteiger charge is 2.32. The van der Waals surface area contributed by atoms with E-state index < -0.39 is 5.60 Å². The van der Waals surface area contributed by atoms with Crippen molar-refractivity contribution in [2.45, 2.75) is 44.8 Å². The van der Waals surface area contributed by atoms with Crippen molar-refractivity contribution in [1.82, 2.24) is 5.32 Å². The first kappa shape index (κ1) is 13.1. The lowest BCUT2D eigenvalue weighted by Crippen LogP contribution is -2.43. The topological polar surface area (TPSA) is 69.2 Å². The van der Waals surface area contributed by atoms with Crippen LogP contribution in [-0.2, 0) is 6.54 Å². The van der Waals surface area contributed by atoms with Crippen LogP contribution >= 0.6 is 0 Å². The van der Waals surface area contributed by atoms with Crippen LogP contribution in [0.25, 0.3) is 0 Å². The summed E-state index contributed by atoms with van der Waals surface area (Å²) in [6.07, 6.45) is 4.04. The molecule has 1 saturated carbocycles. The molecule has 1 aliphatic carbocycles. The number of nitrogens with one attached hydrogen (secondary N) is 1. The maximum Gasteiger partial charge on any atom is 0.203 e. The van der Waals surface area contributed by atoms with Crippen LogP contribution in [0.1, 0.15) is 44.1 Å². The number of aliphatic hydroxyl groups is 1. The lowest BCUT2D eigenvalue weighted by molar-refractivity contribution is -0.0121. The van der Waals surface area contributed by atoms with Crippen LogP contribution < -0.4 is 5.32 Å². The molecular weight excluding hydrogens is 228 g/mol. The fourth-order valence-electron chi connectivity index (χ4n) is 2.74. The molecule has 18 heavy (non-hydrogen) atoms. The van der Waals surface area contributed by atoms with Crippen LogP contribution in [0.15, 0.2) is 16.5 Å². The first-order chi connectivity index (χ1) is 8.61. The van der Waals surface area contributed by atoms with Gasteiger partial charge in [0.1, 0.15) is 11.8 Å². The van der Waals surface area contributed by atoms with Gasteiger partial charge in [0.2, 0.25) is 5.76 Å². The quantitative estimate of drug-likeness (QED) is 0.857. The van der Waals surface area contributed by atoms with Crippen LogP contribution in [0, 0.1) is 17.2 Å². The Kier molecular flexibility index (Phi) is 4.05. The molecule has 98 valence electrons. The molecule has 0 bridgehead atoms. The average molecular weight is 248 g/mol. The monoisotopic (exact) mass is 248 g/mol. The molecule has 1 aromatic rings. The highest BCUT2D eigenvalue weighted by molar-refractivity contribution is 5.18. The Morgan fingerprint density at radius 3 is 3.11 bits per heavy atom. The van der Waals surface area contributed by atoms with E-state index in [1.807, 2.05) is 6.07 Å². The molecule has 1 heterocycles. The Morgan fingerprint density at radius 2 is 2.44 bits per heavy atom. The van der Waals surface area contributed by atoms with Crippen molar-refractivity contribution in [3.63, 3.8) is 0 Å². The molecule has 0 spiro atoms. The molecular formula is C14H20N2O2. The minimum absolute atomic E-state index is 0.330. The van der Waals surface area contributed by atoms with E-state index in [4.69, 9.17) is 9.68 Å². The summed E-state index contributed by atoms with van der Waals surface area (Å²) in [5.41, 5.74) is -0.581. The molecule has 2 atom stereocenters. The summed E-state index contributed by atoms with van der Waals surface area (Å²) < 4.78 is 5.27. The Hall–Kier alpha value is -1.31. The summed E-state index contributed by atoms with van der Waals surface area (Å²) in [5.74, 6) is 1.66. The predicted octanol–water partition coefficient (Wildman–Crippen LogP) is 2.18. The molecule has 0 saturated heterocycles. The molecule has 2 unspecified atom stereocenters. The van der Waals surface area contributed by atoms with Crippen molar-refractivity contribution in [3.8, 4) is 6.07 Å². The van der Waals surface area contributed by atoms with Crippen molar-refractivity contribution in [2.24, 2.45) is 5.92 Å². The second-order valence-corrected chi connectivity index (χ2v) is 5.41. The third kappa shape index (κ3) is 3.34. The zero-order valence-electron chi connectivity index (χ0n) is 10.8. The molecule has 2 rings (SSSR count). The van der Waals surface area contributed by atoms with Gasteiger partial charge in [-0.05, 0) is 30.9 Å². The van der Waals surface area contributed by atoms with Crippen LogP contribution in [0.2, 0.25) is 0 Å². The van der Waals surface area contributed by atoms with E-state index in [0.29, 0.717) is 24.8 Å². The van der Waals surface area contributed by atoms with Crippen molar-refractivity contribution in [1.29, 1.82) is 5.26 Å². The highest BCUT2D eigenvalue weighted by atomic mass is 16.3. The maximum atomic E-state index is 10.4. The van der Waals surface area contributed by atoms with Crippen molar-refractivity contribution >= 4 is 0 Å². The fourth-order valence-corrected chi connectivity index (χ4v) is 2.74. The summed E-state index contributed by atoms with van der Waals surface area (Å²) in [7, 11) is 0. The minimum atomic E-state index is -0.581. The largest absolute Gasteiger partial charge is 0.449 e. The van der Waals surface area contributed by atoms with Gasteiger partial charge in [-0.15, -0.1) is 0 Å². The Morgan fingerprint density at radius 1 is 1.61 bits per heavy atom. The van der Waals surface area contributed by atoms with E-state index >= 15 is 0 Å². The van der Waals surface area contributed by atoms with E-state index in [1.165, 1.54) is 6.42 Å². The molecule has 1 aliphatic rings. The number of hydrogen-bond donors (Lipinski definition) is 2. The van der Waals surface area contributed by atoms with E-state index in [-0.39, 0.29) is 0 Å². The van der Waals surface area contributed by atoms with Gasteiger partial charge in [-0.2, -0.15) is 5.26 Å². The van der Waals surface area contributed by atoms with Crippen LogP contribution in [0.3, 0.4) is 0 Å². The summed E-state index contributed by atoms with van der Waals surface area (Å²) in [6, 6.07) is 5.41. The van der Waals surface area contributed by atoms with Gasteiger partial charge >= 0.3 is 0 Å². The predicted molar refractivity (Wildman–Crippen MR) is 67.7 cm³/mol. The van der Waals surface area contributed by atoms with Crippen LogP contribution in [0.4, 0.5) is 0 Å². The molecule has 2 N–H and O–H groups in total. The summed E-state index contributed by atoms with van der Waals surface area (Å²) in [4.78, 5) is 0. The van der Waals surface area contributed by atoms with Crippen LogP contribution in [0.5, 0.6) is 0 Å².